The second kappa shape index (κ2) is 5.92. The minimum atomic E-state index is -0.0601. The van der Waals surface area contributed by atoms with E-state index in [1.807, 2.05) is 6.07 Å². The average Bonchev–Trinajstić information content (AvgIpc) is 3.20. The van der Waals surface area contributed by atoms with Crippen LogP contribution in [0, 0.1) is 11.8 Å². The number of amides is 1. The van der Waals surface area contributed by atoms with Crippen LogP contribution in [-0.4, -0.2) is 66.8 Å². The summed E-state index contributed by atoms with van der Waals surface area (Å²) in [5, 5.41) is 0. The van der Waals surface area contributed by atoms with Crippen LogP contribution in [0.4, 0.5) is 5.69 Å². The maximum atomic E-state index is 13.5. The van der Waals surface area contributed by atoms with Crippen molar-refractivity contribution in [3.63, 3.8) is 0 Å². The second-order valence-corrected chi connectivity index (χ2v) is 11.0. The van der Waals surface area contributed by atoms with Crippen LogP contribution in [-0.2, 0) is 14.9 Å². The Labute approximate surface area is 189 Å². The third-order valence-corrected chi connectivity index (χ3v) is 10.2. The first kappa shape index (κ1) is 18.3. The Morgan fingerprint density at radius 3 is 2.80 bits per heavy atom. The molecule has 1 aliphatic carbocycles. The molecule has 4 fully saturated rings. The van der Waals surface area contributed by atoms with Crippen molar-refractivity contribution in [2.45, 2.75) is 40.4 Å². The highest BCUT2D eigenvalue weighted by Crippen LogP contribution is 2.67. The minimum Gasteiger partial charge on any atom is -0.493 e. The molecule has 0 N–H and O–H groups in total. The van der Waals surface area contributed by atoms with Crippen LogP contribution in [0.5, 0.6) is 11.5 Å². The molecule has 2 bridgehead atoms. The van der Waals surface area contributed by atoms with Crippen LogP contribution in [0.3, 0.4) is 0 Å². The smallest absolute Gasteiger partial charge is 0.229 e. The van der Waals surface area contributed by atoms with E-state index >= 15 is 0 Å². The Morgan fingerprint density at radius 2 is 2.00 bits per heavy atom. The van der Waals surface area contributed by atoms with E-state index in [9.17, 15) is 4.79 Å². The molecule has 3 saturated heterocycles. The fourth-order valence-corrected chi connectivity index (χ4v) is 9.93. The Kier molecular flexibility index (Phi) is 3.61. The van der Waals surface area contributed by atoms with Crippen molar-refractivity contribution in [3.8, 4) is 11.5 Å². The maximum Gasteiger partial charge on any atom is 0.229 e. The van der Waals surface area contributed by atoms with Gasteiger partial charge in [0, 0.05) is 39.8 Å². The Balaban J connectivity index is 1.54. The van der Waals surface area contributed by atoms with Crippen molar-refractivity contribution < 1.29 is 19.0 Å². The van der Waals surface area contributed by atoms with E-state index in [1.54, 1.807) is 14.2 Å². The van der Waals surface area contributed by atoms with Gasteiger partial charge in [0.05, 0.1) is 45.1 Å². The first-order valence-electron chi connectivity index (χ1n) is 10.9. The van der Waals surface area contributed by atoms with Crippen molar-refractivity contribution in [2.75, 3.05) is 38.8 Å². The van der Waals surface area contributed by atoms with E-state index in [2.05, 4.69) is 44.5 Å². The molecule has 5 heterocycles. The Morgan fingerprint density at radius 1 is 1.20 bits per heavy atom. The van der Waals surface area contributed by atoms with E-state index in [1.165, 1.54) is 11.1 Å². The molecule has 1 saturated carbocycles. The number of hydrogen-bond acceptors (Lipinski definition) is 5. The molecule has 7 rings (SSSR count). The highest BCUT2D eigenvalue weighted by molar-refractivity contribution is 14.1. The molecule has 30 heavy (non-hydrogen) atoms. The number of ether oxygens (including phenoxy) is 3. The van der Waals surface area contributed by atoms with Crippen LogP contribution in [0.2, 0.25) is 0 Å². The first-order valence-corrected chi connectivity index (χ1v) is 12.1. The van der Waals surface area contributed by atoms with Gasteiger partial charge in [-0.25, -0.2) is 0 Å². The quantitative estimate of drug-likeness (QED) is 0.341. The Hall–Kier alpha value is -1.32. The molecule has 7 atom stereocenters. The summed E-state index contributed by atoms with van der Waals surface area (Å²) in [6.45, 7) is 2.77. The summed E-state index contributed by atoms with van der Waals surface area (Å²) in [5.41, 5.74) is 3.79. The van der Waals surface area contributed by atoms with E-state index in [0.717, 1.165) is 30.9 Å². The fourth-order valence-electron chi connectivity index (χ4n) is 7.89. The molecule has 7 heteroatoms. The van der Waals surface area contributed by atoms with E-state index in [4.69, 9.17) is 14.2 Å². The molecule has 5 aliphatic heterocycles. The number of fused-ring (bicyclic) bond motifs is 2. The van der Waals surface area contributed by atoms with Gasteiger partial charge >= 0.3 is 0 Å². The molecule has 1 spiro atoms. The summed E-state index contributed by atoms with van der Waals surface area (Å²) in [4.78, 5) is 18.4. The predicted molar refractivity (Wildman–Crippen MR) is 120 cm³/mol. The number of alkyl halides is 1. The fraction of sp³-hybridized carbons (Fsp3) is 0.609. The number of hydrogen-bond donors (Lipinski definition) is 0. The molecule has 1 unspecified atom stereocenters. The summed E-state index contributed by atoms with van der Waals surface area (Å²) < 4.78 is 18.2. The first-order chi connectivity index (χ1) is 14.6. The van der Waals surface area contributed by atoms with Gasteiger partial charge in [-0.3, -0.25) is 9.69 Å². The third kappa shape index (κ3) is 1.88. The van der Waals surface area contributed by atoms with Crippen LogP contribution in [0.25, 0.3) is 0 Å². The number of carbonyl (C=O) groups excluding carboxylic acids is 1. The van der Waals surface area contributed by atoms with Crippen molar-refractivity contribution >= 4 is 34.2 Å². The standard InChI is InChI=1S/C23H25IN2O4/c1-28-14-7-12-13(8-15(14)29-2)26-17(27)9-16-19-18-11(3-6-30-16)10-25-5-4-23(12,21(19)26)22(25)20(18)24/h3,7-8,16,18-22H,4-6,9-10H2,1-2H3/t16-,18-,19+,20?,21-,22-,23-/m0/s1. The maximum absolute atomic E-state index is 13.5. The molecule has 1 amide bonds. The van der Waals surface area contributed by atoms with Gasteiger partial charge in [-0.1, -0.05) is 34.2 Å². The van der Waals surface area contributed by atoms with Gasteiger partial charge in [0.25, 0.3) is 0 Å². The van der Waals surface area contributed by atoms with E-state index < -0.39 is 0 Å². The molecular formula is C23H25IN2O4. The number of piperidine rings is 2. The van der Waals surface area contributed by atoms with Gasteiger partial charge in [0.15, 0.2) is 11.5 Å². The minimum absolute atomic E-state index is 0.0119. The molecule has 1 aromatic rings. The van der Waals surface area contributed by atoms with Crippen LogP contribution < -0.4 is 14.4 Å². The highest BCUT2D eigenvalue weighted by atomic mass is 127. The molecule has 0 aromatic heterocycles. The SMILES string of the molecule is COc1cc2c(cc1OC)[C@@]13CCN4CC5=CCO[C@H]6CC(=O)N2[C@H]1[C@H]6[C@H]5C(I)[C@H]43. The van der Waals surface area contributed by atoms with Crippen LogP contribution in [0.1, 0.15) is 18.4 Å². The topological polar surface area (TPSA) is 51.2 Å². The number of anilines is 1. The van der Waals surface area contributed by atoms with E-state index in [-0.39, 0.29) is 23.5 Å². The van der Waals surface area contributed by atoms with Gasteiger partial charge < -0.3 is 19.1 Å². The predicted octanol–water partition coefficient (Wildman–Crippen LogP) is 2.52. The van der Waals surface area contributed by atoms with Crippen LogP contribution >= 0.6 is 22.6 Å². The number of benzene rings is 1. The molecule has 158 valence electrons. The molecule has 6 nitrogen and oxygen atoms in total. The monoisotopic (exact) mass is 520 g/mol. The summed E-state index contributed by atoms with van der Waals surface area (Å²) in [6, 6.07) is 4.81. The Bertz CT molecular complexity index is 1010. The molecular weight excluding hydrogens is 495 g/mol. The van der Waals surface area contributed by atoms with Crippen LogP contribution in [0.15, 0.2) is 23.8 Å². The zero-order chi connectivity index (χ0) is 20.4. The third-order valence-electron chi connectivity index (χ3n) is 8.77. The second-order valence-electron chi connectivity index (χ2n) is 9.54. The summed E-state index contributed by atoms with van der Waals surface area (Å²) in [5.74, 6) is 2.48. The van der Waals surface area contributed by atoms with Crippen molar-refractivity contribution in [2.24, 2.45) is 11.8 Å². The molecule has 0 radical (unpaired) electrons. The number of nitrogens with zero attached hydrogens (tertiary/aromatic N) is 2. The number of methoxy groups -OCH3 is 2. The van der Waals surface area contributed by atoms with Gasteiger partial charge in [0.1, 0.15) is 0 Å². The summed E-state index contributed by atoms with van der Waals surface area (Å²) >= 11 is 2.72. The zero-order valence-electron chi connectivity index (χ0n) is 17.1. The summed E-state index contributed by atoms with van der Waals surface area (Å²) in [7, 11) is 3.36. The number of halogens is 1. The average molecular weight is 520 g/mol. The van der Waals surface area contributed by atoms with E-state index in [0.29, 0.717) is 40.6 Å². The lowest BCUT2D eigenvalue weighted by molar-refractivity contribution is -0.131. The normalized spacial score (nSPS) is 42.6. The lowest BCUT2D eigenvalue weighted by Crippen LogP contribution is -2.72. The molecule has 1 aromatic carbocycles. The van der Waals surface area contributed by atoms with Gasteiger partial charge in [-0.2, -0.15) is 0 Å². The van der Waals surface area contributed by atoms with Crippen molar-refractivity contribution in [1.82, 2.24) is 4.90 Å². The lowest BCUT2D eigenvalue weighted by atomic mass is 9.53. The van der Waals surface area contributed by atoms with Gasteiger partial charge in [-0.05, 0) is 24.6 Å². The van der Waals surface area contributed by atoms with Gasteiger partial charge in [0.2, 0.25) is 5.91 Å². The number of rotatable bonds is 2. The summed E-state index contributed by atoms with van der Waals surface area (Å²) in [6.07, 6.45) is 3.88. The molecule has 6 aliphatic rings. The number of carbonyl (C=O) groups is 1. The lowest BCUT2D eigenvalue weighted by Gasteiger charge is -2.60. The van der Waals surface area contributed by atoms with Crippen molar-refractivity contribution in [3.05, 3.63) is 29.3 Å². The largest absolute Gasteiger partial charge is 0.493 e. The highest BCUT2D eigenvalue weighted by Gasteiger charge is 2.73. The van der Waals surface area contributed by atoms with Crippen molar-refractivity contribution in [1.29, 1.82) is 0 Å². The zero-order valence-corrected chi connectivity index (χ0v) is 19.3. The van der Waals surface area contributed by atoms with Gasteiger partial charge in [-0.15, -0.1) is 0 Å².